The summed E-state index contributed by atoms with van der Waals surface area (Å²) in [6, 6.07) is 0. The van der Waals surface area contributed by atoms with Gasteiger partial charge in [0.05, 0.1) is 0 Å². The lowest BCUT2D eigenvalue weighted by atomic mass is 9.83. The van der Waals surface area contributed by atoms with Crippen LogP contribution in [0.1, 0.15) is 52.4 Å². The molecule has 2 N–H and O–H groups in total. The number of hydrogen-bond donors (Lipinski definition) is 1. The van der Waals surface area contributed by atoms with Crippen molar-refractivity contribution in [3.8, 4) is 0 Å². The van der Waals surface area contributed by atoms with Crippen molar-refractivity contribution in [1.82, 2.24) is 4.90 Å². The van der Waals surface area contributed by atoms with Crippen molar-refractivity contribution in [3.63, 3.8) is 0 Å². The third-order valence-corrected chi connectivity index (χ3v) is 4.12. The first-order valence-corrected chi connectivity index (χ1v) is 6.51. The Bertz CT molecular complexity index is 217. The Morgan fingerprint density at radius 2 is 1.73 bits per heavy atom. The number of nitrogens with two attached hydrogens (primary N) is 1. The molecule has 88 valence electrons. The first-order valence-electron chi connectivity index (χ1n) is 6.51. The zero-order chi connectivity index (χ0) is 10.9. The van der Waals surface area contributed by atoms with Crippen LogP contribution in [0.5, 0.6) is 0 Å². The van der Waals surface area contributed by atoms with Gasteiger partial charge >= 0.3 is 0 Å². The fourth-order valence-electron chi connectivity index (χ4n) is 3.36. The first-order chi connectivity index (χ1) is 6.99. The van der Waals surface area contributed by atoms with Crippen LogP contribution in [0, 0.1) is 5.41 Å². The van der Waals surface area contributed by atoms with E-state index in [0.29, 0.717) is 5.41 Å². The normalized spacial score (nSPS) is 30.6. The molecule has 0 amide bonds. The highest BCUT2D eigenvalue weighted by molar-refractivity contribution is 4.93. The lowest BCUT2D eigenvalue weighted by Crippen LogP contribution is -2.52. The third-order valence-electron chi connectivity index (χ3n) is 4.12. The molecule has 0 radical (unpaired) electrons. The Kier molecular flexibility index (Phi) is 3.09. The summed E-state index contributed by atoms with van der Waals surface area (Å²) in [5.74, 6) is 0. The molecule has 0 aromatic carbocycles. The molecular weight excluding hydrogens is 184 g/mol. The molecule has 15 heavy (non-hydrogen) atoms. The van der Waals surface area contributed by atoms with Crippen LogP contribution in [-0.2, 0) is 0 Å². The van der Waals surface area contributed by atoms with Crippen LogP contribution in [0.2, 0.25) is 0 Å². The molecule has 1 saturated heterocycles. The van der Waals surface area contributed by atoms with Crippen molar-refractivity contribution in [3.05, 3.63) is 0 Å². The van der Waals surface area contributed by atoms with Gasteiger partial charge < -0.3 is 10.6 Å². The van der Waals surface area contributed by atoms with Crippen LogP contribution in [0.3, 0.4) is 0 Å². The molecule has 2 fully saturated rings. The SMILES string of the molecule is CC1(C)CCCN(CC2(N)CCCC2)C1. The van der Waals surface area contributed by atoms with E-state index in [1.165, 1.54) is 51.6 Å². The zero-order valence-electron chi connectivity index (χ0n) is 10.4. The first kappa shape index (κ1) is 11.4. The molecule has 2 aliphatic rings. The van der Waals surface area contributed by atoms with Gasteiger partial charge in [-0.15, -0.1) is 0 Å². The summed E-state index contributed by atoms with van der Waals surface area (Å²) in [4.78, 5) is 2.61. The zero-order valence-corrected chi connectivity index (χ0v) is 10.4. The van der Waals surface area contributed by atoms with E-state index in [1.807, 2.05) is 0 Å². The van der Waals surface area contributed by atoms with E-state index in [0.717, 1.165) is 6.54 Å². The minimum absolute atomic E-state index is 0.146. The van der Waals surface area contributed by atoms with E-state index >= 15 is 0 Å². The predicted octanol–water partition coefficient (Wildman–Crippen LogP) is 2.38. The molecule has 2 heteroatoms. The van der Waals surface area contributed by atoms with Gasteiger partial charge in [-0.25, -0.2) is 0 Å². The highest BCUT2D eigenvalue weighted by Crippen LogP contribution is 2.32. The van der Waals surface area contributed by atoms with Gasteiger partial charge in [-0.05, 0) is 37.6 Å². The minimum atomic E-state index is 0.146. The van der Waals surface area contributed by atoms with Gasteiger partial charge in [-0.3, -0.25) is 0 Å². The van der Waals surface area contributed by atoms with E-state index in [1.54, 1.807) is 0 Å². The standard InChI is InChI=1S/C13H26N2/c1-12(2)6-5-9-15(10-12)11-13(14)7-3-4-8-13/h3-11,14H2,1-2H3. The molecule has 1 saturated carbocycles. The quantitative estimate of drug-likeness (QED) is 0.758. The highest BCUT2D eigenvalue weighted by Gasteiger charge is 2.34. The minimum Gasteiger partial charge on any atom is -0.324 e. The molecule has 1 aliphatic heterocycles. The maximum Gasteiger partial charge on any atom is 0.0283 e. The summed E-state index contributed by atoms with van der Waals surface area (Å²) < 4.78 is 0. The van der Waals surface area contributed by atoms with Crippen molar-refractivity contribution in [1.29, 1.82) is 0 Å². The summed E-state index contributed by atoms with van der Waals surface area (Å²) in [7, 11) is 0. The van der Waals surface area contributed by atoms with Gasteiger partial charge in [0.25, 0.3) is 0 Å². The summed E-state index contributed by atoms with van der Waals surface area (Å²) in [5.41, 5.74) is 7.09. The molecule has 0 aromatic heterocycles. The molecule has 2 nitrogen and oxygen atoms in total. The van der Waals surface area contributed by atoms with Crippen molar-refractivity contribution in [2.24, 2.45) is 11.1 Å². The second-order valence-electron chi connectivity index (χ2n) is 6.55. The molecule has 1 heterocycles. The Labute approximate surface area is 94.2 Å². The Morgan fingerprint density at radius 3 is 2.33 bits per heavy atom. The Balaban J connectivity index is 1.88. The van der Waals surface area contributed by atoms with E-state index in [9.17, 15) is 0 Å². The van der Waals surface area contributed by atoms with Crippen LogP contribution in [-0.4, -0.2) is 30.1 Å². The summed E-state index contributed by atoms with van der Waals surface area (Å²) in [5, 5.41) is 0. The van der Waals surface area contributed by atoms with Crippen LogP contribution in [0.25, 0.3) is 0 Å². The van der Waals surface area contributed by atoms with Crippen LogP contribution in [0.15, 0.2) is 0 Å². The summed E-state index contributed by atoms with van der Waals surface area (Å²) in [6.45, 7) is 8.42. The fraction of sp³-hybridized carbons (Fsp3) is 1.00. The molecule has 0 aromatic rings. The number of piperidine rings is 1. The van der Waals surface area contributed by atoms with Crippen molar-refractivity contribution < 1.29 is 0 Å². The average molecular weight is 210 g/mol. The van der Waals surface area contributed by atoms with Gasteiger partial charge in [0.2, 0.25) is 0 Å². The topological polar surface area (TPSA) is 29.3 Å². The molecular formula is C13H26N2. The number of rotatable bonds is 2. The van der Waals surface area contributed by atoms with Gasteiger partial charge in [0.15, 0.2) is 0 Å². The predicted molar refractivity (Wildman–Crippen MR) is 64.8 cm³/mol. The maximum atomic E-state index is 6.44. The van der Waals surface area contributed by atoms with E-state index in [4.69, 9.17) is 5.73 Å². The molecule has 1 aliphatic carbocycles. The molecule has 0 unspecified atom stereocenters. The average Bonchev–Trinajstić information content (AvgIpc) is 2.49. The number of likely N-dealkylation sites (tertiary alicyclic amines) is 1. The molecule has 2 rings (SSSR count). The van der Waals surface area contributed by atoms with Crippen LogP contribution >= 0.6 is 0 Å². The third kappa shape index (κ3) is 2.94. The van der Waals surface area contributed by atoms with E-state index in [-0.39, 0.29) is 5.54 Å². The monoisotopic (exact) mass is 210 g/mol. The molecule has 0 bridgehead atoms. The Morgan fingerprint density at radius 1 is 1.07 bits per heavy atom. The molecule has 0 spiro atoms. The fourth-order valence-corrected chi connectivity index (χ4v) is 3.36. The lowest BCUT2D eigenvalue weighted by Gasteiger charge is -2.41. The van der Waals surface area contributed by atoms with Gasteiger partial charge in [-0.2, -0.15) is 0 Å². The van der Waals surface area contributed by atoms with Gasteiger partial charge in [0, 0.05) is 18.6 Å². The van der Waals surface area contributed by atoms with Crippen LogP contribution in [0.4, 0.5) is 0 Å². The number of nitrogens with zero attached hydrogens (tertiary/aromatic N) is 1. The highest BCUT2D eigenvalue weighted by atomic mass is 15.2. The van der Waals surface area contributed by atoms with Crippen molar-refractivity contribution in [2.45, 2.75) is 57.9 Å². The van der Waals surface area contributed by atoms with Gasteiger partial charge in [0.1, 0.15) is 0 Å². The second-order valence-corrected chi connectivity index (χ2v) is 6.55. The lowest BCUT2D eigenvalue weighted by molar-refractivity contribution is 0.0950. The van der Waals surface area contributed by atoms with Crippen molar-refractivity contribution in [2.75, 3.05) is 19.6 Å². The number of hydrogen-bond acceptors (Lipinski definition) is 2. The maximum absolute atomic E-state index is 6.44. The summed E-state index contributed by atoms with van der Waals surface area (Å²) in [6.07, 6.45) is 7.89. The van der Waals surface area contributed by atoms with E-state index in [2.05, 4.69) is 18.7 Å². The summed E-state index contributed by atoms with van der Waals surface area (Å²) >= 11 is 0. The largest absolute Gasteiger partial charge is 0.324 e. The smallest absolute Gasteiger partial charge is 0.0283 e. The van der Waals surface area contributed by atoms with Gasteiger partial charge in [-0.1, -0.05) is 26.7 Å². The van der Waals surface area contributed by atoms with Crippen LogP contribution < -0.4 is 5.73 Å². The van der Waals surface area contributed by atoms with E-state index < -0.39 is 0 Å². The Hall–Kier alpha value is -0.0800. The van der Waals surface area contributed by atoms with Crippen molar-refractivity contribution >= 4 is 0 Å². The second kappa shape index (κ2) is 4.06. The molecule has 0 atom stereocenters.